The Hall–Kier alpha value is -1.24. The summed E-state index contributed by atoms with van der Waals surface area (Å²) in [6.07, 6.45) is 2.92. The minimum absolute atomic E-state index is 0.236. The standard InChI is InChI=1S/C10H14N2O2/c1-2-8-10(7-11)5-3-4-6-12(10)9(13)14-8/h8H,2-6H2,1H3. The monoisotopic (exact) mass is 194 g/mol. The van der Waals surface area contributed by atoms with Crippen LogP contribution in [0.2, 0.25) is 0 Å². The Kier molecular flexibility index (Phi) is 2.10. The van der Waals surface area contributed by atoms with Gasteiger partial charge in [0.2, 0.25) is 0 Å². The van der Waals surface area contributed by atoms with Gasteiger partial charge in [0.05, 0.1) is 6.07 Å². The highest BCUT2D eigenvalue weighted by Crippen LogP contribution is 2.39. The molecule has 0 bridgehead atoms. The molecule has 14 heavy (non-hydrogen) atoms. The predicted molar refractivity (Wildman–Crippen MR) is 49.5 cm³/mol. The molecule has 2 saturated heterocycles. The second-order valence-electron chi connectivity index (χ2n) is 3.93. The summed E-state index contributed by atoms with van der Waals surface area (Å²) in [6.45, 7) is 2.62. The maximum Gasteiger partial charge on any atom is 0.411 e. The van der Waals surface area contributed by atoms with E-state index in [0.717, 1.165) is 25.7 Å². The number of amides is 1. The molecule has 2 aliphatic heterocycles. The molecule has 0 aromatic heterocycles. The first-order valence-corrected chi connectivity index (χ1v) is 5.14. The van der Waals surface area contributed by atoms with E-state index in [0.29, 0.717) is 6.54 Å². The average molecular weight is 194 g/mol. The van der Waals surface area contributed by atoms with Crippen molar-refractivity contribution >= 4 is 6.09 Å². The molecule has 2 unspecified atom stereocenters. The fraction of sp³-hybridized carbons (Fsp3) is 0.800. The zero-order valence-electron chi connectivity index (χ0n) is 8.32. The van der Waals surface area contributed by atoms with Gasteiger partial charge in [-0.1, -0.05) is 6.92 Å². The fourth-order valence-corrected chi connectivity index (χ4v) is 2.48. The zero-order chi connectivity index (χ0) is 10.2. The van der Waals surface area contributed by atoms with Crippen LogP contribution in [-0.2, 0) is 4.74 Å². The third kappa shape index (κ3) is 1.02. The van der Waals surface area contributed by atoms with Crippen LogP contribution >= 0.6 is 0 Å². The van der Waals surface area contributed by atoms with Crippen LogP contribution in [0.15, 0.2) is 0 Å². The molecule has 0 radical (unpaired) electrons. The highest BCUT2D eigenvalue weighted by Gasteiger charge is 2.55. The van der Waals surface area contributed by atoms with Gasteiger partial charge in [0.25, 0.3) is 0 Å². The van der Waals surface area contributed by atoms with Crippen LogP contribution in [0.5, 0.6) is 0 Å². The van der Waals surface area contributed by atoms with E-state index in [-0.39, 0.29) is 12.2 Å². The van der Waals surface area contributed by atoms with Crippen molar-refractivity contribution in [3.63, 3.8) is 0 Å². The van der Waals surface area contributed by atoms with Gasteiger partial charge in [-0.15, -0.1) is 0 Å². The van der Waals surface area contributed by atoms with Gasteiger partial charge in [0.1, 0.15) is 6.10 Å². The normalized spacial score (nSPS) is 36.1. The lowest BCUT2D eigenvalue weighted by Gasteiger charge is -2.36. The molecule has 0 N–H and O–H groups in total. The van der Waals surface area contributed by atoms with Crippen LogP contribution < -0.4 is 0 Å². The lowest BCUT2D eigenvalue weighted by Crippen LogP contribution is -2.52. The lowest BCUT2D eigenvalue weighted by atomic mass is 9.83. The van der Waals surface area contributed by atoms with E-state index in [1.54, 1.807) is 4.90 Å². The van der Waals surface area contributed by atoms with Crippen molar-refractivity contribution < 1.29 is 9.53 Å². The fourth-order valence-electron chi connectivity index (χ4n) is 2.48. The number of nitriles is 1. The number of fused-ring (bicyclic) bond motifs is 1. The van der Waals surface area contributed by atoms with Crippen molar-refractivity contribution in [2.45, 2.75) is 44.2 Å². The summed E-state index contributed by atoms with van der Waals surface area (Å²) in [5.41, 5.74) is -0.663. The Labute approximate surface area is 83.4 Å². The smallest absolute Gasteiger partial charge is 0.411 e. The molecule has 0 aromatic carbocycles. The van der Waals surface area contributed by atoms with Crippen molar-refractivity contribution in [2.75, 3.05) is 6.54 Å². The number of nitrogens with zero attached hydrogens (tertiary/aromatic N) is 2. The third-order valence-electron chi connectivity index (χ3n) is 3.23. The van der Waals surface area contributed by atoms with Crippen LogP contribution in [0.1, 0.15) is 32.6 Å². The molecule has 0 spiro atoms. The summed E-state index contributed by atoms with van der Waals surface area (Å²) in [4.78, 5) is 13.1. The second-order valence-corrected chi connectivity index (χ2v) is 3.93. The molecule has 0 aliphatic carbocycles. The molecule has 0 aromatic rings. The summed E-state index contributed by atoms with van der Waals surface area (Å²) in [5, 5.41) is 9.25. The van der Waals surface area contributed by atoms with E-state index in [4.69, 9.17) is 4.74 Å². The van der Waals surface area contributed by atoms with Crippen molar-refractivity contribution in [2.24, 2.45) is 0 Å². The summed E-state index contributed by atoms with van der Waals surface area (Å²) < 4.78 is 5.22. The van der Waals surface area contributed by atoms with E-state index < -0.39 is 5.54 Å². The number of carbonyl (C=O) groups is 1. The summed E-state index contributed by atoms with van der Waals surface area (Å²) in [7, 11) is 0. The van der Waals surface area contributed by atoms with E-state index in [1.165, 1.54) is 0 Å². The number of ether oxygens (including phenoxy) is 1. The molecule has 4 nitrogen and oxygen atoms in total. The van der Waals surface area contributed by atoms with Crippen molar-refractivity contribution in [1.82, 2.24) is 4.90 Å². The molecule has 4 heteroatoms. The number of piperidine rings is 1. The molecule has 76 valence electrons. The van der Waals surface area contributed by atoms with Crippen LogP contribution in [0.25, 0.3) is 0 Å². The molecule has 2 fully saturated rings. The number of rotatable bonds is 1. The van der Waals surface area contributed by atoms with E-state index in [2.05, 4.69) is 6.07 Å². The Bertz CT molecular complexity index is 297. The summed E-state index contributed by atoms with van der Waals surface area (Å²) in [5.74, 6) is 0. The lowest BCUT2D eigenvalue weighted by molar-refractivity contribution is 0.107. The van der Waals surface area contributed by atoms with Gasteiger partial charge in [0.15, 0.2) is 5.54 Å². The van der Waals surface area contributed by atoms with Crippen molar-refractivity contribution in [3.8, 4) is 6.07 Å². The van der Waals surface area contributed by atoms with Gasteiger partial charge in [-0.3, -0.25) is 4.90 Å². The van der Waals surface area contributed by atoms with Gasteiger partial charge in [-0.2, -0.15) is 5.26 Å². The Morgan fingerprint density at radius 3 is 3.14 bits per heavy atom. The minimum atomic E-state index is -0.663. The first-order valence-electron chi connectivity index (χ1n) is 5.14. The van der Waals surface area contributed by atoms with Gasteiger partial charge in [0, 0.05) is 6.54 Å². The maximum absolute atomic E-state index is 11.5. The average Bonchev–Trinajstić information content (AvgIpc) is 2.53. The molecular weight excluding hydrogens is 180 g/mol. The Balaban J connectivity index is 2.35. The van der Waals surface area contributed by atoms with E-state index >= 15 is 0 Å². The highest BCUT2D eigenvalue weighted by molar-refractivity contribution is 5.73. The molecule has 2 aliphatic rings. The molecular formula is C10H14N2O2. The largest absolute Gasteiger partial charge is 0.442 e. The van der Waals surface area contributed by atoms with Crippen LogP contribution in [-0.4, -0.2) is 29.2 Å². The highest BCUT2D eigenvalue weighted by atomic mass is 16.6. The summed E-state index contributed by atoms with van der Waals surface area (Å²) in [6, 6.07) is 2.29. The molecule has 1 amide bonds. The second kappa shape index (κ2) is 3.16. The molecule has 0 saturated carbocycles. The first kappa shape index (κ1) is 9.32. The van der Waals surface area contributed by atoms with Crippen molar-refractivity contribution in [3.05, 3.63) is 0 Å². The van der Waals surface area contributed by atoms with Gasteiger partial charge < -0.3 is 4.74 Å². The van der Waals surface area contributed by atoms with Crippen LogP contribution in [0, 0.1) is 11.3 Å². The SMILES string of the molecule is CCC1OC(=O)N2CCCCC12C#N. The molecule has 2 heterocycles. The number of hydrogen-bond acceptors (Lipinski definition) is 3. The van der Waals surface area contributed by atoms with Gasteiger partial charge in [-0.05, 0) is 25.7 Å². The van der Waals surface area contributed by atoms with Crippen molar-refractivity contribution in [1.29, 1.82) is 5.26 Å². The van der Waals surface area contributed by atoms with Crippen LogP contribution in [0.3, 0.4) is 0 Å². The Morgan fingerprint density at radius 2 is 2.50 bits per heavy atom. The molecule has 2 atom stereocenters. The third-order valence-corrected chi connectivity index (χ3v) is 3.23. The quantitative estimate of drug-likeness (QED) is 0.638. The number of hydrogen-bond donors (Lipinski definition) is 0. The predicted octanol–water partition coefficient (Wildman–Crippen LogP) is 1.66. The van der Waals surface area contributed by atoms with E-state index in [1.807, 2.05) is 6.92 Å². The van der Waals surface area contributed by atoms with Gasteiger partial charge in [-0.25, -0.2) is 4.79 Å². The maximum atomic E-state index is 11.5. The summed E-state index contributed by atoms with van der Waals surface area (Å²) >= 11 is 0. The number of carbonyl (C=O) groups excluding carboxylic acids is 1. The van der Waals surface area contributed by atoms with Gasteiger partial charge >= 0.3 is 6.09 Å². The minimum Gasteiger partial charge on any atom is -0.442 e. The zero-order valence-corrected chi connectivity index (χ0v) is 8.32. The topological polar surface area (TPSA) is 53.3 Å². The number of cyclic esters (lactones) is 1. The Morgan fingerprint density at radius 1 is 1.71 bits per heavy atom. The van der Waals surface area contributed by atoms with Crippen LogP contribution in [0.4, 0.5) is 4.79 Å². The molecule has 2 rings (SSSR count). The first-order chi connectivity index (χ1) is 6.74. The van der Waals surface area contributed by atoms with E-state index in [9.17, 15) is 10.1 Å².